The van der Waals surface area contributed by atoms with Crippen molar-refractivity contribution in [2.75, 3.05) is 18.5 Å². The van der Waals surface area contributed by atoms with Crippen LogP contribution in [-0.4, -0.2) is 30.2 Å². The van der Waals surface area contributed by atoms with Gasteiger partial charge in [-0.3, -0.25) is 9.59 Å². The van der Waals surface area contributed by atoms with Gasteiger partial charge in [0.1, 0.15) is 0 Å². The SMILES string of the molecule is CCOc1cc(/C=C2\SC(N)=NC2=O)ccc1OCC(=O)Nc1ccc(C)cc1. The van der Waals surface area contributed by atoms with Crippen LogP contribution >= 0.6 is 11.8 Å². The summed E-state index contributed by atoms with van der Waals surface area (Å²) in [6.45, 7) is 4.10. The number of rotatable bonds is 7. The number of nitrogens with zero attached hydrogens (tertiary/aromatic N) is 1. The monoisotopic (exact) mass is 411 g/mol. The molecule has 0 bridgehead atoms. The molecule has 8 heteroatoms. The van der Waals surface area contributed by atoms with Crippen molar-refractivity contribution in [2.24, 2.45) is 10.7 Å². The Bertz CT molecular complexity index is 984. The number of hydrogen-bond acceptors (Lipinski definition) is 6. The molecule has 0 aromatic heterocycles. The molecule has 2 aromatic rings. The first-order chi connectivity index (χ1) is 13.9. The van der Waals surface area contributed by atoms with Crippen LogP contribution < -0.4 is 20.5 Å². The number of hydrogen-bond donors (Lipinski definition) is 2. The number of nitrogens with one attached hydrogen (secondary N) is 1. The summed E-state index contributed by atoms with van der Waals surface area (Å²) in [6.07, 6.45) is 1.69. The van der Waals surface area contributed by atoms with Gasteiger partial charge in [0.05, 0.1) is 11.5 Å². The van der Waals surface area contributed by atoms with Crippen molar-refractivity contribution in [1.29, 1.82) is 0 Å². The van der Waals surface area contributed by atoms with Crippen LogP contribution in [0.4, 0.5) is 5.69 Å². The van der Waals surface area contributed by atoms with E-state index in [1.54, 1.807) is 24.3 Å². The molecule has 2 amide bonds. The number of aryl methyl sites for hydroxylation is 1. The third-order valence-corrected chi connectivity index (χ3v) is 4.71. The molecule has 0 fully saturated rings. The molecule has 7 nitrogen and oxygen atoms in total. The molecule has 2 aromatic carbocycles. The minimum Gasteiger partial charge on any atom is -0.490 e. The highest BCUT2D eigenvalue weighted by molar-refractivity contribution is 8.18. The van der Waals surface area contributed by atoms with Crippen LogP contribution in [0.3, 0.4) is 0 Å². The Balaban J connectivity index is 1.67. The molecule has 29 heavy (non-hydrogen) atoms. The Kier molecular flexibility index (Phi) is 6.56. The second-order valence-electron chi connectivity index (χ2n) is 6.21. The number of amidine groups is 1. The predicted molar refractivity (Wildman–Crippen MR) is 115 cm³/mol. The quantitative estimate of drug-likeness (QED) is 0.678. The zero-order valence-corrected chi connectivity index (χ0v) is 16.9. The predicted octanol–water partition coefficient (Wildman–Crippen LogP) is 3.34. The lowest BCUT2D eigenvalue weighted by atomic mass is 10.2. The molecule has 0 aliphatic carbocycles. The average molecular weight is 411 g/mol. The maximum atomic E-state index is 12.2. The molecule has 1 heterocycles. The first kappa shape index (κ1) is 20.5. The van der Waals surface area contributed by atoms with E-state index in [1.165, 1.54) is 0 Å². The van der Waals surface area contributed by atoms with Crippen molar-refractivity contribution < 1.29 is 19.1 Å². The van der Waals surface area contributed by atoms with Gasteiger partial charge in [-0.05, 0) is 61.5 Å². The number of aliphatic imine (C=N–C) groups is 1. The van der Waals surface area contributed by atoms with E-state index in [2.05, 4.69) is 10.3 Å². The zero-order valence-electron chi connectivity index (χ0n) is 16.1. The smallest absolute Gasteiger partial charge is 0.286 e. The Morgan fingerprint density at radius 3 is 2.59 bits per heavy atom. The fourth-order valence-corrected chi connectivity index (χ4v) is 3.24. The van der Waals surface area contributed by atoms with E-state index in [0.717, 1.165) is 22.9 Å². The van der Waals surface area contributed by atoms with Crippen LogP contribution in [0.5, 0.6) is 11.5 Å². The molecular weight excluding hydrogens is 390 g/mol. The van der Waals surface area contributed by atoms with Crippen LogP contribution in [0.2, 0.25) is 0 Å². The summed E-state index contributed by atoms with van der Waals surface area (Å²) in [5.41, 5.74) is 8.13. The highest BCUT2D eigenvalue weighted by Crippen LogP contribution is 2.32. The summed E-state index contributed by atoms with van der Waals surface area (Å²) in [6, 6.07) is 12.7. The van der Waals surface area contributed by atoms with Gasteiger partial charge in [-0.2, -0.15) is 4.99 Å². The Labute approximate surface area is 173 Å². The molecule has 0 radical (unpaired) electrons. The largest absolute Gasteiger partial charge is 0.490 e. The maximum Gasteiger partial charge on any atom is 0.286 e. The number of benzene rings is 2. The number of thioether (sulfide) groups is 1. The summed E-state index contributed by atoms with van der Waals surface area (Å²) in [4.78, 5) is 28.0. The molecule has 3 N–H and O–H groups in total. The van der Waals surface area contributed by atoms with Gasteiger partial charge in [0.25, 0.3) is 11.8 Å². The summed E-state index contributed by atoms with van der Waals surface area (Å²) < 4.78 is 11.3. The molecule has 0 saturated carbocycles. The Hall–Kier alpha value is -3.26. The van der Waals surface area contributed by atoms with E-state index in [9.17, 15) is 9.59 Å². The maximum absolute atomic E-state index is 12.2. The van der Waals surface area contributed by atoms with Gasteiger partial charge < -0.3 is 20.5 Å². The van der Waals surface area contributed by atoms with Crippen LogP contribution in [0.1, 0.15) is 18.1 Å². The van der Waals surface area contributed by atoms with E-state index < -0.39 is 0 Å². The van der Waals surface area contributed by atoms with Gasteiger partial charge in [-0.15, -0.1) is 0 Å². The normalized spacial score (nSPS) is 14.6. The van der Waals surface area contributed by atoms with Crippen molar-refractivity contribution in [3.63, 3.8) is 0 Å². The van der Waals surface area contributed by atoms with Gasteiger partial charge in [0.15, 0.2) is 23.3 Å². The molecule has 0 spiro atoms. The molecule has 0 atom stereocenters. The second-order valence-corrected chi connectivity index (χ2v) is 7.27. The van der Waals surface area contributed by atoms with Gasteiger partial charge in [0, 0.05) is 5.69 Å². The van der Waals surface area contributed by atoms with Crippen molar-refractivity contribution >= 4 is 40.5 Å². The van der Waals surface area contributed by atoms with Crippen LogP contribution in [0.15, 0.2) is 52.4 Å². The van der Waals surface area contributed by atoms with Crippen LogP contribution in [0, 0.1) is 6.92 Å². The molecule has 150 valence electrons. The third kappa shape index (κ3) is 5.61. The van der Waals surface area contributed by atoms with Crippen molar-refractivity contribution in [3.8, 4) is 11.5 Å². The summed E-state index contributed by atoms with van der Waals surface area (Å²) in [5, 5.41) is 3.01. The van der Waals surface area contributed by atoms with E-state index in [4.69, 9.17) is 15.2 Å². The first-order valence-electron chi connectivity index (χ1n) is 8.99. The highest BCUT2D eigenvalue weighted by Gasteiger charge is 2.19. The Morgan fingerprint density at radius 1 is 1.17 bits per heavy atom. The number of carbonyl (C=O) groups excluding carboxylic acids is 2. The summed E-state index contributed by atoms with van der Waals surface area (Å²) >= 11 is 1.12. The Morgan fingerprint density at radius 2 is 1.93 bits per heavy atom. The second kappa shape index (κ2) is 9.29. The minimum absolute atomic E-state index is 0.160. The van der Waals surface area contributed by atoms with Crippen molar-refractivity contribution in [1.82, 2.24) is 0 Å². The highest BCUT2D eigenvalue weighted by atomic mass is 32.2. The average Bonchev–Trinajstić information content (AvgIpc) is 3.00. The summed E-state index contributed by atoms with van der Waals surface area (Å²) in [5.74, 6) is 0.283. The fraction of sp³-hybridized carbons (Fsp3) is 0.190. The molecule has 0 unspecified atom stereocenters. The van der Waals surface area contributed by atoms with Crippen molar-refractivity contribution in [3.05, 3.63) is 58.5 Å². The number of nitrogens with two attached hydrogens (primary N) is 1. The molecular formula is C21H21N3O4S. The van der Waals surface area contributed by atoms with Gasteiger partial charge >= 0.3 is 0 Å². The van der Waals surface area contributed by atoms with Gasteiger partial charge in [-0.25, -0.2) is 0 Å². The molecule has 3 rings (SSSR count). The van der Waals surface area contributed by atoms with Gasteiger partial charge in [0.2, 0.25) is 0 Å². The van der Waals surface area contributed by atoms with Crippen molar-refractivity contribution in [2.45, 2.75) is 13.8 Å². The van der Waals surface area contributed by atoms with Crippen LogP contribution in [-0.2, 0) is 9.59 Å². The zero-order chi connectivity index (χ0) is 20.8. The van der Waals surface area contributed by atoms with Crippen LogP contribution in [0.25, 0.3) is 6.08 Å². The lowest BCUT2D eigenvalue weighted by molar-refractivity contribution is -0.118. The number of ether oxygens (including phenoxy) is 2. The number of amides is 2. The molecule has 1 aliphatic rings. The van der Waals surface area contributed by atoms with E-state index in [0.29, 0.717) is 28.7 Å². The van der Waals surface area contributed by atoms with E-state index >= 15 is 0 Å². The molecule has 0 saturated heterocycles. The lowest BCUT2D eigenvalue weighted by Gasteiger charge is -2.13. The number of anilines is 1. The molecule has 1 aliphatic heterocycles. The first-order valence-corrected chi connectivity index (χ1v) is 9.80. The third-order valence-electron chi connectivity index (χ3n) is 3.90. The fourth-order valence-electron chi connectivity index (χ4n) is 2.56. The lowest BCUT2D eigenvalue weighted by Crippen LogP contribution is -2.20. The van der Waals surface area contributed by atoms with E-state index in [-0.39, 0.29) is 23.6 Å². The standard InChI is InChI=1S/C21H21N3O4S/c1-3-27-17-10-14(11-18-20(26)24-21(22)29-18)6-9-16(17)28-12-19(25)23-15-7-4-13(2)5-8-15/h4-11H,3,12H2,1-2H3,(H,23,25)(H2,22,24,26)/b18-11-. The number of carbonyl (C=O) groups is 2. The topological polar surface area (TPSA) is 103 Å². The van der Waals surface area contributed by atoms with E-state index in [1.807, 2.05) is 38.1 Å². The van der Waals surface area contributed by atoms with Gasteiger partial charge in [-0.1, -0.05) is 23.8 Å². The summed E-state index contributed by atoms with van der Waals surface area (Å²) in [7, 11) is 0. The minimum atomic E-state index is -0.362.